The zero-order chi connectivity index (χ0) is 18.5. The van der Waals surface area contributed by atoms with Gasteiger partial charge in [-0.25, -0.2) is 5.43 Å². The van der Waals surface area contributed by atoms with Gasteiger partial charge in [0.15, 0.2) is 0 Å². The van der Waals surface area contributed by atoms with Gasteiger partial charge in [0.25, 0.3) is 5.91 Å². The summed E-state index contributed by atoms with van der Waals surface area (Å²) in [6, 6.07) is 14.0. The van der Waals surface area contributed by atoms with Gasteiger partial charge >= 0.3 is 0 Å². The summed E-state index contributed by atoms with van der Waals surface area (Å²) in [6.45, 7) is 1.66. The van der Waals surface area contributed by atoms with Crippen molar-refractivity contribution in [3.8, 4) is 22.8 Å². The van der Waals surface area contributed by atoms with Gasteiger partial charge in [0, 0.05) is 17.2 Å². The van der Waals surface area contributed by atoms with Crippen LogP contribution >= 0.6 is 0 Å². The molecule has 0 aliphatic carbocycles. The molecule has 0 saturated heterocycles. The van der Waals surface area contributed by atoms with Crippen molar-refractivity contribution in [1.29, 1.82) is 0 Å². The number of phenols is 1. The first-order chi connectivity index (χ1) is 12.6. The molecule has 7 heteroatoms. The Bertz CT molecular complexity index is 949. The summed E-state index contributed by atoms with van der Waals surface area (Å²) >= 11 is 0. The number of aromatic hydroxyl groups is 1. The molecule has 3 rings (SSSR count). The first-order valence-electron chi connectivity index (χ1n) is 7.82. The molecule has 3 aromatic rings. The Morgan fingerprint density at radius 2 is 2.04 bits per heavy atom. The lowest BCUT2D eigenvalue weighted by atomic mass is 10.1. The fraction of sp³-hybridized carbons (Fsp3) is 0.105. The van der Waals surface area contributed by atoms with Crippen LogP contribution in [-0.4, -0.2) is 29.5 Å². The lowest BCUT2D eigenvalue weighted by molar-refractivity contribution is 0.0954. The van der Waals surface area contributed by atoms with E-state index in [0.717, 1.165) is 5.56 Å². The predicted molar refractivity (Wildman–Crippen MR) is 96.4 cm³/mol. The summed E-state index contributed by atoms with van der Waals surface area (Å²) in [5.74, 6) is 0.459. The molecule has 1 aromatic heterocycles. The Hall–Kier alpha value is -3.61. The van der Waals surface area contributed by atoms with Crippen LogP contribution in [0.1, 0.15) is 21.7 Å². The standard InChI is InChI=1S/C19H17N3O4/c1-12-17(18(22-26-12)13-6-4-3-5-7-13)19(24)21-20-11-14-8-9-15(25-2)10-16(14)23/h3-11,23H,1-2H3,(H,21,24). The van der Waals surface area contributed by atoms with Gasteiger partial charge in [0.05, 0.1) is 13.3 Å². The zero-order valence-corrected chi connectivity index (χ0v) is 14.3. The van der Waals surface area contributed by atoms with Crippen LogP contribution in [-0.2, 0) is 0 Å². The molecular formula is C19H17N3O4. The maximum absolute atomic E-state index is 12.5. The van der Waals surface area contributed by atoms with E-state index in [4.69, 9.17) is 9.26 Å². The molecule has 1 amide bonds. The summed E-state index contributed by atoms with van der Waals surface area (Å²) in [5.41, 5.74) is 4.40. The molecule has 132 valence electrons. The maximum atomic E-state index is 12.5. The zero-order valence-electron chi connectivity index (χ0n) is 14.3. The van der Waals surface area contributed by atoms with Gasteiger partial charge in [-0.2, -0.15) is 5.10 Å². The third-order valence-electron chi connectivity index (χ3n) is 3.74. The molecule has 0 saturated carbocycles. The van der Waals surface area contributed by atoms with Gasteiger partial charge in [-0.05, 0) is 19.1 Å². The number of rotatable bonds is 5. The molecule has 7 nitrogen and oxygen atoms in total. The molecule has 1 heterocycles. The van der Waals surface area contributed by atoms with E-state index in [2.05, 4.69) is 15.7 Å². The number of aryl methyl sites for hydroxylation is 1. The topological polar surface area (TPSA) is 97.0 Å². The van der Waals surface area contributed by atoms with Crippen molar-refractivity contribution in [3.05, 3.63) is 65.4 Å². The minimum absolute atomic E-state index is 0.00604. The minimum atomic E-state index is -0.452. The van der Waals surface area contributed by atoms with Gasteiger partial charge in [0.1, 0.15) is 28.5 Å². The molecule has 0 aliphatic heterocycles. The first kappa shape index (κ1) is 17.2. The van der Waals surface area contributed by atoms with E-state index in [9.17, 15) is 9.90 Å². The summed E-state index contributed by atoms with van der Waals surface area (Å²) in [6.07, 6.45) is 1.34. The lowest BCUT2D eigenvalue weighted by Crippen LogP contribution is -2.18. The Balaban J connectivity index is 1.78. The first-order valence-corrected chi connectivity index (χ1v) is 7.82. The number of nitrogens with zero attached hydrogens (tertiary/aromatic N) is 2. The fourth-order valence-corrected chi connectivity index (χ4v) is 2.41. The van der Waals surface area contributed by atoms with Crippen LogP contribution in [0.4, 0.5) is 0 Å². The number of amides is 1. The lowest BCUT2D eigenvalue weighted by Gasteiger charge is -2.03. The van der Waals surface area contributed by atoms with E-state index in [-0.39, 0.29) is 5.75 Å². The minimum Gasteiger partial charge on any atom is -0.507 e. The fourth-order valence-electron chi connectivity index (χ4n) is 2.41. The number of hydrogen-bond acceptors (Lipinski definition) is 6. The molecule has 2 N–H and O–H groups in total. The van der Waals surface area contributed by atoms with Crippen LogP contribution in [0.5, 0.6) is 11.5 Å². The number of nitrogens with one attached hydrogen (secondary N) is 1. The average Bonchev–Trinajstić information content (AvgIpc) is 3.05. The van der Waals surface area contributed by atoms with E-state index in [1.807, 2.05) is 30.3 Å². The monoisotopic (exact) mass is 351 g/mol. The van der Waals surface area contributed by atoms with E-state index in [1.54, 1.807) is 19.1 Å². The summed E-state index contributed by atoms with van der Waals surface area (Å²) in [4.78, 5) is 12.5. The molecule has 0 spiro atoms. The quantitative estimate of drug-likeness (QED) is 0.544. The van der Waals surface area contributed by atoms with Crippen LogP contribution < -0.4 is 10.2 Å². The second-order valence-electron chi connectivity index (χ2n) is 5.45. The van der Waals surface area contributed by atoms with Gasteiger partial charge in [-0.1, -0.05) is 35.5 Å². The molecule has 0 bridgehead atoms. The highest BCUT2D eigenvalue weighted by Gasteiger charge is 2.21. The number of methoxy groups -OCH3 is 1. The van der Waals surface area contributed by atoms with Crippen molar-refractivity contribution in [2.45, 2.75) is 6.92 Å². The molecule has 0 unspecified atom stereocenters. The molecule has 0 fully saturated rings. The molecule has 0 aliphatic rings. The highest BCUT2D eigenvalue weighted by molar-refractivity contribution is 6.01. The summed E-state index contributed by atoms with van der Waals surface area (Å²) < 4.78 is 10.2. The maximum Gasteiger partial charge on any atom is 0.277 e. The number of hydrogen-bond donors (Lipinski definition) is 2. The van der Waals surface area contributed by atoms with Crippen LogP contribution in [0.15, 0.2) is 58.2 Å². The number of phenolic OH excluding ortho intramolecular Hbond substituents is 1. The Morgan fingerprint density at radius 3 is 2.73 bits per heavy atom. The number of aromatic nitrogens is 1. The van der Waals surface area contributed by atoms with Crippen molar-refractivity contribution < 1.29 is 19.2 Å². The van der Waals surface area contributed by atoms with Gasteiger partial charge < -0.3 is 14.4 Å². The Morgan fingerprint density at radius 1 is 1.27 bits per heavy atom. The van der Waals surface area contributed by atoms with Crippen molar-refractivity contribution in [2.75, 3.05) is 7.11 Å². The van der Waals surface area contributed by atoms with Crippen molar-refractivity contribution >= 4 is 12.1 Å². The summed E-state index contributed by atoms with van der Waals surface area (Å²) in [5, 5.41) is 17.8. The number of carbonyl (C=O) groups is 1. The number of hydrazone groups is 1. The molecule has 0 radical (unpaired) electrons. The van der Waals surface area contributed by atoms with Crippen LogP contribution in [0.3, 0.4) is 0 Å². The SMILES string of the molecule is COc1ccc(C=NNC(=O)c2c(-c3ccccc3)noc2C)c(O)c1. The van der Waals surface area contributed by atoms with Crippen molar-refractivity contribution in [2.24, 2.45) is 5.10 Å². The highest BCUT2D eigenvalue weighted by atomic mass is 16.5. The van der Waals surface area contributed by atoms with Crippen LogP contribution in [0, 0.1) is 6.92 Å². The van der Waals surface area contributed by atoms with Crippen LogP contribution in [0.2, 0.25) is 0 Å². The Kier molecular flexibility index (Phi) is 4.98. The smallest absolute Gasteiger partial charge is 0.277 e. The number of carbonyl (C=O) groups excluding carboxylic acids is 1. The molecule has 2 aromatic carbocycles. The number of benzene rings is 2. The molecule has 0 atom stereocenters. The van der Waals surface area contributed by atoms with Gasteiger partial charge in [0.2, 0.25) is 0 Å². The molecule has 26 heavy (non-hydrogen) atoms. The second kappa shape index (κ2) is 7.52. The van der Waals surface area contributed by atoms with E-state index >= 15 is 0 Å². The third-order valence-corrected chi connectivity index (χ3v) is 3.74. The van der Waals surface area contributed by atoms with Crippen molar-refractivity contribution in [3.63, 3.8) is 0 Å². The van der Waals surface area contributed by atoms with Gasteiger partial charge in [-0.3, -0.25) is 4.79 Å². The van der Waals surface area contributed by atoms with E-state index in [1.165, 1.54) is 19.4 Å². The van der Waals surface area contributed by atoms with Crippen LogP contribution in [0.25, 0.3) is 11.3 Å². The second-order valence-corrected chi connectivity index (χ2v) is 5.45. The van der Waals surface area contributed by atoms with E-state index < -0.39 is 5.91 Å². The third kappa shape index (κ3) is 3.56. The summed E-state index contributed by atoms with van der Waals surface area (Å²) in [7, 11) is 1.51. The van der Waals surface area contributed by atoms with Crippen molar-refractivity contribution in [1.82, 2.24) is 10.6 Å². The van der Waals surface area contributed by atoms with E-state index in [0.29, 0.717) is 28.3 Å². The molecular weight excluding hydrogens is 334 g/mol. The Labute approximate surface area is 149 Å². The average molecular weight is 351 g/mol. The predicted octanol–water partition coefficient (Wildman–Crippen LogP) is 3.13. The highest BCUT2D eigenvalue weighted by Crippen LogP contribution is 2.25. The largest absolute Gasteiger partial charge is 0.507 e. The van der Waals surface area contributed by atoms with Gasteiger partial charge in [-0.15, -0.1) is 0 Å². The number of ether oxygens (including phenoxy) is 1. The normalized spacial score (nSPS) is 10.8.